The first-order valence-electron chi connectivity index (χ1n) is 11.7. The molecule has 1 saturated heterocycles. The Labute approximate surface area is 209 Å². The van der Waals surface area contributed by atoms with Crippen molar-refractivity contribution in [3.63, 3.8) is 0 Å². The molecule has 2 N–H and O–H groups in total. The standard InChI is InChI=1S/C25H27F6N3O3/c1-34-8-7-24(14-3-4-19(37-22(27)28)20(11-14)36-2)6-5-17(13-21(24)34)32-23(35)33-18-10-15(25(29,30)31)9-16(26)12-18/h3-4,9-12,17,21-22H,5-8,13H2,1-2H3,(H2,32,33,35)/t17-,21-,24-/m0/s1. The van der Waals surface area contributed by atoms with Crippen LogP contribution < -0.4 is 20.1 Å². The Balaban J connectivity index is 1.47. The van der Waals surface area contributed by atoms with Gasteiger partial charge >= 0.3 is 18.8 Å². The van der Waals surface area contributed by atoms with Gasteiger partial charge in [-0.15, -0.1) is 0 Å². The molecule has 0 unspecified atom stereocenters. The summed E-state index contributed by atoms with van der Waals surface area (Å²) in [6.07, 6.45) is -2.13. The molecule has 0 spiro atoms. The highest BCUT2D eigenvalue weighted by atomic mass is 19.4. The van der Waals surface area contributed by atoms with Crippen LogP contribution in [0.5, 0.6) is 11.5 Å². The lowest BCUT2D eigenvalue weighted by molar-refractivity contribution is -0.137. The van der Waals surface area contributed by atoms with Crippen LogP contribution in [0.3, 0.4) is 0 Å². The highest BCUT2D eigenvalue weighted by Gasteiger charge is 2.50. The Morgan fingerprint density at radius 1 is 1.14 bits per heavy atom. The summed E-state index contributed by atoms with van der Waals surface area (Å²) in [4.78, 5) is 14.7. The third-order valence-electron chi connectivity index (χ3n) is 7.30. The number of carbonyl (C=O) groups is 1. The molecule has 1 aliphatic carbocycles. The molecule has 0 aromatic heterocycles. The number of rotatable bonds is 6. The van der Waals surface area contributed by atoms with E-state index in [1.807, 2.05) is 7.05 Å². The van der Waals surface area contributed by atoms with Crippen molar-refractivity contribution in [2.24, 2.45) is 0 Å². The number of nitrogens with zero attached hydrogens (tertiary/aromatic N) is 1. The van der Waals surface area contributed by atoms with Gasteiger partial charge in [0.2, 0.25) is 0 Å². The smallest absolute Gasteiger partial charge is 0.416 e. The quantitative estimate of drug-likeness (QED) is 0.465. The number of ether oxygens (including phenoxy) is 2. The minimum Gasteiger partial charge on any atom is -0.493 e. The van der Waals surface area contributed by atoms with E-state index in [0.717, 1.165) is 24.6 Å². The molecule has 2 fully saturated rings. The first-order chi connectivity index (χ1) is 17.4. The molecule has 2 aliphatic rings. The van der Waals surface area contributed by atoms with Gasteiger partial charge in [-0.25, -0.2) is 9.18 Å². The van der Waals surface area contributed by atoms with Gasteiger partial charge in [-0.3, -0.25) is 0 Å². The van der Waals surface area contributed by atoms with Gasteiger partial charge in [-0.05, 0) is 75.2 Å². The van der Waals surface area contributed by atoms with Gasteiger partial charge in [0.25, 0.3) is 0 Å². The molecule has 202 valence electrons. The molecule has 0 radical (unpaired) electrons. The van der Waals surface area contributed by atoms with Crippen LogP contribution in [0.25, 0.3) is 0 Å². The number of alkyl halides is 5. The van der Waals surface area contributed by atoms with E-state index in [9.17, 15) is 31.1 Å². The van der Waals surface area contributed by atoms with Crippen LogP contribution in [0.1, 0.15) is 36.8 Å². The highest BCUT2D eigenvalue weighted by Crippen LogP contribution is 2.50. The topological polar surface area (TPSA) is 62.8 Å². The zero-order valence-electron chi connectivity index (χ0n) is 20.2. The van der Waals surface area contributed by atoms with Gasteiger partial charge in [0.15, 0.2) is 11.5 Å². The number of urea groups is 1. The maximum absolute atomic E-state index is 13.7. The molecular weight excluding hydrogens is 504 g/mol. The van der Waals surface area contributed by atoms with Crippen LogP contribution in [-0.4, -0.2) is 50.3 Å². The maximum atomic E-state index is 13.7. The minimum atomic E-state index is -4.75. The van der Waals surface area contributed by atoms with Crippen molar-refractivity contribution in [1.29, 1.82) is 0 Å². The molecule has 1 aliphatic heterocycles. The Morgan fingerprint density at radius 3 is 2.57 bits per heavy atom. The number of likely N-dealkylation sites (N-methyl/N-ethyl adjacent to an activating group) is 1. The van der Waals surface area contributed by atoms with Gasteiger partial charge < -0.3 is 25.0 Å². The monoisotopic (exact) mass is 531 g/mol. The molecule has 1 saturated carbocycles. The molecule has 0 bridgehead atoms. The molecule has 2 amide bonds. The Hall–Kier alpha value is -3.15. The van der Waals surface area contributed by atoms with Gasteiger partial charge in [0, 0.05) is 23.2 Å². The fourth-order valence-electron chi connectivity index (χ4n) is 5.60. The van der Waals surface area contributed by atoms with Crippen molar-refractivity contribution < 1.29 is 40.6 Å². The largest absolute Gasteiger partial charge is 0.493 e. The lowest BCUT2D eigenvalue weighted by Crippen LogP contribution is -2.52. The predicted molar refractivity (Wildman–Crippen MR) is 124 cm³/mol. The van der Waals surface area contributed by atoms with Crippen molar-refractivity contribution in [3.05, 3.63) is 53.3 Å². The summed E-state index contributed by atoms with van der Waals surface area (Å²) in [6, 6.07) is 5.79. The molecule has 2 aromatic carbocycles. The van der Waals surface area contributed by atoms with E-state index in [1.165, 1.54) is 13.2 Å². The van der Waals surface area contributed by atoms with Gasteiger partial charge in [-0.2, -0.15) is 22.0 Å². The molecular formula is C25H27F6N3O3. The average molecular weight is 531 g/mol. The number of methoxy groups -OCH3 is 1. The van der Waals surface area contributed by atoms with Crippen LogP contribution in [0.15, 0.2) is 36.4 Å². The van der Waals surface area contributed by atoms with E-state index >= 15 is 0 Å². The number of nitrogens with one attached hydrogen (secondary N) is 2. The molecule has 1 heterocycles. The molecule has 12 heteroatoms. The van der Waals surface area contributed by atoms with E-state index in [0.29, 0.717) is 31.4 Å². The third-order valence-corrected chi connectivity index (χ3v) is 7.30. The first-order valence-corrected chi connectivity index (χ1v) is 11.7. The lowest BCUT2D eigenvalue weighted by atomic mass is 9.65. The van der Waals surface area contributed by atoms with E-state index in [-0.39, 0.29) is 34.7 Å². The van der Waals surface area contributed by atoms with E-state index in [1.54, 1.807) is 12.1 Å². The molecule has 3 atom stereocenters. The zero-order chi connectivity index (χ0) is 27.0. The van der Waals surface area contributed by atoms with Crippen LogP contribution in [0.2, 0.25) is 0 Å². The summed E-state index contributed by atoms with van der Waals surface area (Å²) in [5, 5.41) is 5.09. The second kappa shape index (κ2) is 10.3. The summed E-state index contributed by atoms with van der Waals surface area (Å²) in [5.74, 6) is -0.965. The highest BCUT2D eigenvalue weighted by molar-refractivity contribution is 5.89. The normalized spacial score (nSPS) is 24.0. The summed E-state index contributed by atoms with van der Waals surface area (Å²) in [7, 11) is 3.34. The second-order valence-corrected chi connectivity index (χ2v) is 9.44. The predicted octanol–water partition coefficient (Wildman–Crippen LogP) is 5.77. The van der Waals surface area contributed by atoms with Crippen LogP contribution in [0, 0.1) is 5.82 Å². The Kier molecular flexibility index (Phi) is 7.50. The summed E-state index contributed by atoms with van der Waals surface area (Å²) in [5.41, 5.74) is -0.878. The van der Waals surface area contributed by atoms with Gasteiger partial charge in [0.05, 0.1) is 12.7 Å². The molecule has 6 nitrogen and oxygen atoms in total. The second-order valence-electron chi connectivity index (χ2n) is 9.44. The van der Waals surface area contributed by atoms with E-state index < -0.39 is 30.2 Å². The number of hydrogen-bond donors (Lipinski definition) is 2. The SMILES string of the molecule is COc1cc([C@@]23CC[C@H](NC(=O)Nc4cc(F)cc(C(F)(F)F)c4)C[C@@H]2N(C)CC3)ccc1OC(F)F. The number of halogens is 6. The fourth-order valence-corrected chi connectivity index (χ4v) is 5.60. The average Bonchev–Trinajstić information content (AvgIpc) is 3.15. The van der Waals surface area contributed by atoms with Crippen LogP contribution in [-0.2, 0) is 11.6 Å². The maximum Gasteiger partial charge on any atom is 0.416 e. The number of amides is 2. The fraction of sp³-hybridized carbons (Fsp3) is 0.480. The number of hydrogen-bond acceptors (Lipinski definition) is 4. The van der Waals surface area contributed by atoms with E-state index in [4.69, 9.17) is 4.74 Å². The third kappa shape index (κ3) is 5.73. The zero-order valence-corrected chi connectivity index (χ0v) is 20.2. The summed E-state index contributed by atoms with van der Waals surface area (Å²) < 4.78 is 87.9. The van der Waals surface area contributed by atoms with Crippen molar-refractivity contribution in [2.75, 3.05) is 26.0 Å². The van der Waals surface area contributed by atoms with Gasteiger partial charge in [-0.1, -0.05) is 6.07 Å². The Morgan fingerprint density at radius 2 is 1.89 bits per heavy atom. The van der Waals surface area contributed by atoms with Crippen LogP contribution in [0.4, 0.5) is 36.8 Å². The first kappa shape index (κ1) is 26.9. The molecule has 4 rings (SSSR count). The number of fused-ring (bicyclic) bond motifs is 1. The lowest BCUT2D eigenvalue weighted by Gasteiger charge is -2.45. The summed E-state index contributed by atoms with van der Waals surface area (Å²) >= 11 is 0. The number of anilines is 1. The number of benzene rings is 2. The van der Waals surface area contributed by atoms with Crippen molar-refractivity contribution in [1.82, 2.24) is 10.2 Å². The summed E-state index contributed by atoms with van der Waals surface area (Å²) in [6.45, 7) is -2.20. The van der Waals surface area contributed by atoms with E-state index in [2.05, 4.69) is 20.3 Å². The molecule has 37 heavy (non-hydrogen) atoms. The number of likely N-dealkylation sites (tertiary alicyclic amines) is 1. The number of carbonyl (C=O) groups excluding carboxylic acids is 1. The minimum absolute atomic E-state index is 0.00382. The van der Waals surface area contributed by atoms with Crippen molar-refractivity contribution in [2.45, 2.75) is 56.0 Å². The van der Waals surface area contributed by atoms with Crippen molar-refractivity contribution in [3.8, 4) is 11.5 Å². The Bertz CT molecular complexity index is 1150. The van der Waals surface area contributed by atoms with Gasteiger partial charge in [0.1, 0.15) is 5.82 Å². The molecule has 2 aromatic rings. The van der Waals surface area contributed by atoms with Crippen molar-refractivity contribution >= 4 is 11.7 Å². The van der Waals surface area contributed by atoms with Crippen LogP contribution >= 0.6 is 0 Å².